The molecule has 0 amide bonds. The number of carbonyl (C=O) groups excluding carboxylic acids is 3. The largest absolute Gasteiger partial charge is 0.463 e. The van der Waals surface area contributed by atoms with E-state index in [4.69, 9.17) is 56.8 Å². The highest BCUT2D eigenvalue weighted by molar-refractivity contribution is 5.89. The summed E-state index contributed by atoms with van der Waals surface area (Å²) in [6, 6.07) is 42.3. The van der Waals surface area contributed by atoms with Crippen LogP contribution in [0.25, 0.3) is 20.9 Å². The first-order chi connectivity index (χ1) is 38.6. The monoisotopic (exact) mass is 1080 g/mol. The van der Waals surface area contributed by atoms with E-state index in [1.165, 1.54) is 14.0 Å². The summed E-state index contributed by atoms with van der Waals surface area (Å²) in [5.41, 5.74) is 23.0. The van der Waals surface area contributed by atoms with Crippen LogP contribution in [0.3, 0.4) is 0 Å². The molecule has 3 heterocycles. The molecule has 21 heteroatoms. The predicted octanol–water partition coefficient (Wildman–Crippen LogP) is 9.38. The number of methoxy groups -OCH3 is 1. The maximum Gasteiger partial charge on any atom is 0.338 e. The molecule has 0 bridgehead atoms. The first-order valence-corrected chi connectivity index (χ1v) is 26.1. The van der Waals surface area contributed by atoms with Crippen LogP contribution in [0.5, 0.6) is 0 Å². The molecule has 79 heavy (non-hydrogen) atoms. The van der Waals surface area contributed by atoms with Gasteiger partial charge in [-0.3, -0.25) is 4.79 Å². The zero-order valence-corrected chi connectivity index (χ0v) is 44.1. The molecule has 8 rings (SSSR count). The van der Waals surface area contributed by atoms with Crippen LogP contribution in [0.2, 0.25) is 0 Å². The van der Waals surface area contributed by atoms with Gasteiger partial charge in [0.25, 0.3) is 0 Å². The molecule has 0 aliphatic carbocycles. The molecule has 3 aliphatic rings. The fraction of sp³-hybridized carbons (Fsp3) is 0.431. The van der Waals surface area contributed by atoms with Gasteiger partial charge in [-0.2, -0.15) is 0 Å². The number of esters is 3. The summed E-state index contributed by atoms with van der Waals surface area (Å²) in [6.45, 7) is 4.19. The molecule has 0 aromatic heterocycles. The molecule has 0 radical (unpaired) electrons. The first kappa shape index (κ1) is 57.9. The number of azide groups is 2. The maximum absolute atomic E-state index is 14.5. The van der Waals surface area contributed by atoms with Crippen molar-refractivity contribution in [3.63, 3.8) is 0 Å². The van der Waals surface area contributed by atoms with E-state index in [0.29, 0.717) is 17.5 Å². The highest BCUT2D eigenvalue weighted by Gasteiger charge is 2.57. The van der Waals surface area contributed by atoms with Crippen LogP contribution in [0, 0.1) is 5.92 Å². The normalized spacial score (nSPS) is 28.5. The SMILES string of the molecule is CCC1OC(OC)[C@@H](N=[N+]=[N-])[C@H](OCc2ccccc2)C1O[C@@H]1O[C@@H](COC(C)=O)[C@@H](OC2OC(COC(=O)c3ccccc3)C(C)[C@@H](OCc3ccccc3)[C@@H]2N=[N+]=[N-])C(OCc2ccccc2)C1OC(=O)c1ccccc1. The molecule has 15 atom stereocenters. The summed E-state index contributed by atoms with van der Waals surface area (Å²) >= 11 is 0. The van der Waals surface area contributed by atoms with E-state index >= 15 is 0 Å². The molecule has 5 aromatic rings. The van der Waals surface area contributed by atoms with Gasteiger partial charge in [0.2, 0.25) is 0 Å². The Hall–Kier alpha value is -7.23. The van der Waals surface area contributed by atoms with E-state index in [9.17, 15) is 25.4 Å². The zero-order chi connectivity index (χ0) is 55.5. The fourth-order valence-electron chi connectivity index (χ4n) is 9.73. The summed E-state index contributed by atoms with van der Waals surface area (Å²) in [4.78, 5) is 47.1. The second kappa shape index (κ2) is 29.1. The Balaban J connectivity index is 1.22. The second-order valence-electron chi connectivity index (χ2n) is 19.0. The number of nitrogens with zero attached hydrogens (tertiary/aromatic N) is 6. The Labute approximate surface area is 457 Å². The number of rotatable bonds is 24. The Bertz CT molecular complexity index is 2800. The van der Waals surface area contributed by atoms with Crippen LogP contribution >= 0.6 is 0 Å². The number of hydrogen-bond donors (Lipinski definition) is 0. The van der Waals surface area contributed by atoms with Crippen LogP contribution in [-0.4, -0.2) is 124 Å². The van der Waals surface area contributed by atoms with Crippen molar-refractivity contribution in [2.75, 3.05) is 20.3 Å². The topological polar surface area (TPSA) is 259 Å². The summed E-state index contributed by atoms with van der Waals surface area (Å²) in [5.74, 6) is -2.67. The van der Waals surface area contributed by atoms with Crippen molar-refractivity contribution in [1.82, 2.24) is 0 Å². The number of carbonyl (C=O) groups is 3. The van der Waals surface area contributed by atoms with Gasteiger partial charge in [0.15, 0.2) is 25.0 Å². The lowest BCUT2D eigenvalue weighted by molar-refractivity contribution is -0.369. The van der Waals surface area contributed by atoms with Crippen LogP contribution in [0.4, 0.5) is 0 Å². The molecule has 8 unspecified atom stereocenters. The van der Waals surface area contributed by atoms with Crippen molar-refractivity contribution in [3.05, 3.63) is 200 Å². The first-order valence-electron chi connectivity index (χ1n) is 26.1. The minimum atomic E-state index is -1.60. The van der Waals surface area contributed by atoms with E-state index in [2.05, 4.69) is 20.1 Å². The zero-order valence-electron chi connectivity index (χ0n) is 44.1. The van der Waals surface area contributed by atoms with Crippen molar-refractivity contribution in [1.29, 1.82) is 0 Å². The molecular weight excluding hydrogens is 1020 g/mol. The van der Waals surface area contributed by atoms with Crippen molar-refractivity contribution < 1.29 is 71.2 Å². The third-order valence-electron chi connectivity index (χ3n) is 13.8. The minimum Gasteiger partial charge on any atom is -0.463 e. The standard InChI is InChI=1S/C58H64N6O15/c1-5-43-49(51(47(62-64-60)56(68-4)74-43)71-32-39-23-13-7-14-24-39)79-58-53(77-55(67)42-29-19-10-20-30-42)52(72-33-40-25-15-8-16-26-40)50(45(76-58)35-69-37(3)65)78-57-46(61-63-59)48(70-31-38-21-11-6-12-22-38)36(2)44(75-57)34-73-54(66)41-27-17-9-18-28-41/h6-30,36,43-53,56-58H,5,31-35H2,1-4H3/t36?,43?,44?,45-,46-,47-,48+,49?,50+,51-,52?,53?,56?,57?,58-/m0/s1. The van der Waals surface area contributed by atoms with E-state index in [-0.39, 0.29) is 32.0 Å². The van der Waals surface area contributed by atoms with Crippen molar-refractivity contribution >= 4 is 17.9 Å². The van der Waals surface area contributed by atoms with Gasteiger partial charge in [-0.25, -0.2) is 9.59 Å². The number of ether oxygens (including phenoxy) is 12. The number of hydrogen-bond acceptors (Lipinski definition) is 17. The smallest absolute Gasteiger partial charge is 0.338 e. The van der Waals surface area contributed by atoms with Gasteiger partial charge in [-0.1, -0.05) is 151 Å². The van der Waals surface area contributed by atoms with Gasteiger partial charge in [0.05, 0.1) is 49.3 Å². The fourth-order valence-corrected chi connectivity index (χ4v) is 9.73. The third-order valence-corrected chi connectivity index (χ3v) is 13.8. The van der Waals surface area contributed by atoms with E-state index < -0.39 is 116 Å². The summed E-state index contributed by atoms with van der Waals surface area (Å²) in [7, 11) is 1.42. The Morgan fingerprint density at radius 1 is 0.506 bits per heavy atom. The van der Waals surface area contributed by atoms with Crippen LogP contribution in [0.15, 0.2) is 162 Å². The minimum absolute atomic E-state index is 0.0519. The molecule has 0 N–H and O–H groups in total. The van der Waals surface area contributed by atoms with Crippen molar-refractivity contribution in [2.24, 2.45) is 16.1 Å². The summed E-state index contributed by atoms with van der Waals surface area (Å²) in [5, 5.41) is 8.31. The lowest BCUT2D eigenvalue weighted by Gasteiger charge is -2.51. The van der Waals surface area contributed by atoms with Gasteiger partial charge < -0.3 is 56.8 Å². The highest BCUT2D eigenvalue weighted by Crippen LogP contribution is 2.40. The lowest BCUT2D eigenvalue weighted by atomic mass is 9.89. The van der Waals surface area contributed by atoms with Gasteiger partial charge in [0.1, 0.15) is 55.8 Å². The Morgan fingerprint density at radius 2 is 0.937 bits per heavy atom. The molecule has 21 nitrogen and oxygen atoms in total. The van der Waals surface area contributed by atoms with E-state index in [1.807, 2.05) is 105 Å². The molecular formula is C58H64N6O15. The predicted molar refractivity (Wildman–Crippen MR) is 282 cm³/mol. The average molecular weight is 1090 g/mol. The summed E-state index contributed by atoms with van der Waals surface area (Å²) < 4.78 is 78.1. The molecule has 3 saturated heterocycles. The Morgan fingerprint density at radius 3 is 1.44 bits per heavy atom. The van der Waals surface area contributed by atoms with Crippen LogP contribution in [0.1, 0.15) is 64.6 Å². The quantitative estimate of drug-likeness (QED) is 0.0183. The third kappa shape index (κ3) is 15.3. The number of benzene rings is 5. The van der Waals surface area contributed by atoms with Gasteiger partial charge in [-0.05, 0) is 58.4 Å². The van der Waals surface area contributed by atoms with Crippen molar-refractivity contribution in [3.8, 4) is 0 Å². The maximum atomic E-state index is 14.5. The Kier molecular flexibility index (Phi) is 21.4. The molecule has 0 saturated carbocycles. The molecule has 416 valence electrons. The van der Waals surface area contributed by atoms with Gasteiger partial charge in [0, 0.05) is 29.8 Å². The molecule has 3 fully saturated rings. The van der Waals surface area contributed by atoms with Crippen LogP contribution in [-0.2, 0) is 81.5 Å². The van der Waals surface area contributed by atoms with Crippen LogP contribution < -0.4 is 0 Å². The average Bonchev–Trinajstić information content (AvgIpc) is 3.53. The summed E-state index contributed by atoms with van der Waals surface area (Å²) in [6.07, 6.45) is -14.4. The highest BCUT2D eigenvalue weighted by atomic mass is 16.8. The van der Waals surface area contributed by atoms with E-state index in [1.54, 1.807) is 60.7 Å². The molecule has 3 aliphatic heterocycles. The lowest BCUT2D eigenvalue weighted by Crippen LogP contribution is -2.67. The van der Waals surface area contributed by atoms with Crippen molar-refractivity contribution in [2.45, 2.75) is 133 Å². The van der Waals surface area contributed by atoms with Gasteiger partial charge >= 0.3 is 17.9 Å². The van der Waals surface area contributed by atoms with Gasteiger partial charge in [-0.15, -0.1) is 0 Å². The second-order valence-corrected chi connectivity index (χ2v) is 19.0. The molecule has 5 aromatic carbocycles. The molecule has 0 spiro atoms. The van der Waals surface area contributed by atoms with E-state index in [0.717, 1.165) is 11.1 Å².